The number of nitrogens with zero attached hydrogens (tertiary/aromatic N) is 2. The van der Waals surface area contributed by atoms with E-state index in [4.69, 9.17) is 0 Å². The van der Waals surface area contributed by atoms with Crippen LogP contribution in [0.1, 0.15) is 62.4 Å². The molecule has 2 saturated heterocycles. The van der Waals surface area contributed by atoms with E-state index in [1.807, 2.05) is 12.1 Å². The summed E-state index contributed by atoms with van der Waals surface area (Å²) in [5, 5.41) is 0. The Kier molecular flexibility index (Phi) is 5.29. The number of hydrogen-bond acceptors (Lipinski definition) is 2. The van der Waals surface area contributed by atoms with Gasteiger partial charge >= 0.3 is 0 Å². The second-order valence-corrected chi connectivity index (χ2v) is 8.60. The van der Waals surface area contributed by atoms with Crippen LogP contribution in [-0.2, 0) is 5.41 Å². The zero-order chi connectivity index (χ0) is 17.2. The standard InChI is InChI=1S/C21H32N2O/c1-21(2,3)19-10-6-9-18(14-19)20(24)23-13-7-8-17(16-23)15-22-11-4-5-12-22/h6,9-10,14,17H,4-5,7-8,11-13,15-16H2,1-3H3. The van der Waals surface area contributed by atoms with Gasteiger partial charge in [-0.3, -0.25) is 4.79 Å². The zero-order valence-corrected chi connectivity index (χ0v) is 15.6. The Hall–Kier alpha value is -1.35. The van der Waals surface area contributed by atoms with Crippen molar-refractivity contribution in [3.8, 4) is 0 Å². The molecular weight excluding hydrogens is 296 g/mol. The van der Waals surface area contributed by atoms with Crippen LogP contribution >= 0.6 is 0 Å². The molecule has 1 amide bonds. The Morgan fingerprint density at radius 1 is 1.12 bits per heavy atom. The van der Waals surface area contributed by atoms with E-state index in [9.17, 15) is 4.79 Å². The summed E-state index contributed by atoms with van der Waals surface area (Å²) in [7, 11) is 0. The first-order chi connectivity index (χ1) is 11.4. The van der Waals surface area contributed by atoms with Crippen LogP contribution in [0.5, 0.6) is 0 Å². The van der Waals surface area contributed by atoms with Gasteiger partial charge in [0, 0.05) is 25.2 Å². The van der Waals surface area contributed by atoms with Gasteiger partial charge in [-0.2, -0.15) is 0 Å². The Labute approximate surface area is 147 Å². The predicted octanol–water partition coefficient (Wildman–Crippen LogP) is 3.93. The molecule has 0 spiro atoms. The third-order valence-electron chi connectivity index (χ3n) is 5.50. The van der Waals surface area contributed by atoms with Crippen molar-refractivity contribution in [2.24, 2.45) is 5.92 Å². The predicted molar refractivity (Wildman–Crippen MR) is 99.4 cm³/mol. The average molecular weight is 329 g/mol. The molecule has 2 aliphatic rings. The fourth-order valence-corrected chi connectivity index (χ4v) is 4.03. The molecule has 0 aliphatic carbocycles. The van der Waals surface area contributed by atoms with Crippen LogP contribution in [0, 0.1) is 5.92 Å². The molecule has 0 aromatic heterocycles. The summed E-state index contributed by atoms with van der Waals surface area (Å²) in [5.74, 6) is 0.860. The van der Waals surface area contributed by atoms with Crippen LogP contribution in [0.15, 0.2) is 24.3 Å². The molecule has 24 heavy (non-hydrogen) atoms. The van der Waals surface area contributed by atoms with Crippen molar-refractivity contribution in [2.75, 3.05) is 32.7 Å². The molecule has 0 saturated carbocycles. The van der Waals surface area contributed by atoms with Crippen molar-refractivity contribution in [1.82, 2.24) is 9.80 Å². The van der Waals surface area contributed by atoms with Gasteiger partial charge in [0.25, 0.3) is 5.91 Å². The Balaban J connectivity index is 1.65. The molecule has 3 rings (SSSR count). The summed E-state index contributed by atoms with van der Waals surface area (Å²) < 4.78 is 0. The van der Waals surface area contributed by atoms with E-state index < -0.39 is 0 Å². The normalized spacial score (nSPS) is 22.8. The average Bonchev–Trinajstić information content (AvgIpc) is 3.07. The first-order valence-electron chi connectivity index (χ1n) is 9.55. The third-order valence-corrected chi connectivity index (χ3v) is 5.50. The van der Waals surface area contributed by atoms with E-state index in [0.29, 0.717) is 5.92 Å². The lowest BCUT2D eigenvalue weighted by atomic mass is 9.86. The van der Waals surface area contributed by atoms with Crippen LogP contribution in [-0.4, -0.2) is 48.4 Å². The minimum atomic E-state index is 0.0798. The molecule has 2 aliphatic heterocycles. The van der Waals surface area contributed by atoms with Crippen molar-refractivity contribution in [3.05, 3.63) is 35.4 Å². The van der Waals surface area contributed by atoms with Gasteiger partial charge in [0.05, 0.1) is 0 Å². The molecule has 2 heterocycles. The highest BCUT2D eigenvalue weighted by Gasteiger charge is 2.27. The van der Waals surface area contributed by atoms with E-state index in [1.54, 1.807) is 0 Å². The van der Waals surface area contributed by atoms with Crippen molar-refractivity contribution < 1.29 is 4.79 Å². The summed E-state index contributed by atoms with van der Waals surface area (Å²) in [6.45, 7) is 12.1. The molecule has 3 nitrogen and oxygen atoms in total. The van der Waals surface area contributed by atoms with E-state index in [-0.39, 0.29) is 11.3 Å². The minimum Gasteiger partial charge on any atom is -0.338 e. The van der Waals surface area contributed by atoms with E-state index in [0.717, 1.165) is 25.1 Å². The van der Waals surface area contributed by atoms with Crippen molar-refractivity contribution in [1.29, 1.82) is 0 Å². The molecule has 1 unspecified atom stereocenters. The van der Waals surface area contributed by atoms with Crippen LogP contribution in [0.25, 0.3) is 0 Å². The Morgan fingerprint density at radius 3 is 2.58 bits per heavy atom. The maximum absolute atomic E-state index is 13.0. The van der Waals surface area contributed by atoms with Crippen LogP contribution in [0.2, 0.25) is 0 Å². The SMILES string of the molecule is CC(C)(C)c1cccc(C(=O)N2CCCC(CN3CCCC3)C2)c1. The molecule has 0 bridgehead atoms. The highest BCUT2D eigenvalue weighted by molar-refractivity contribution is 5.94. The van der Waals surface area contributed by atoms with Crippen molar-refractivity contribution in [3.63, 3.8) is 0 Å². The fourth-order valence-electron chi connectivity index (χ4n) is 4.03. The second kappa shape index (κ2) is 7.26. The molecule has 1 atom stereocenters. The highest BCUT2D eigenvalue weighted by atomic mass is 16.2. The number of amides is 1. The van der Waals surface area contributed by atoms with Gasteiger partial charge in [0.1, 0.15) is 0 Å². The van der Waals surface area contributed by atoms with Gasteiger partial charge in [-0.05, 0) is 67.8 Å². The summed E-state index contributed by atoms with van der Waals surface area (Å²) >= 11 is 0. The molecule has 0 radical (unpaired) electrons. The van der Waals surface area contributed by atoms with Gasteiger partial charge in [0.15, 0.2) is 0 Å². The monoisotopic (exact) mass is 328 g/mol. The molecule has 1 aromatic carbocycles. The Morgan fingerprint density at radius 2 is 1.88 bits per heavy atom. The van der Waals surface area contributed by atoms with Gasteiger partial charge in [-0.1, -0.05) is 32.9 Å². The maximum Gasteiger partial charge on any atom is 0.253 e. The lowest BCUT2D eigenvalue weighted by Gasteiger charge is -2.35. The zero-order valence-electron chi connectivity index (χ0n) is 15.6. The second-order valence-electron chi connectivity index (χ2n) is 8.60. The van der Waals surface area contributed by atoms with Gasteiger partial charge in [-0.15, -0.1) is 0 Å². The van der Waals surface area contributed by atoms with Gasteiger partial charge in [-0.25, -0.2) is 0 Å². The summed E-state index contributed by atoms with van der Waals surface area (Å²) in [4.78, 5) is 17.6. The third kappa shape index (κ3) is 4.18. The van der Waals surface area contributed by atoms with Crippen molar-refractivity contribution in [2.45, 2.75) is 51.9 Å². The van der Waals surface area contributed by atoms with Crippen molar-refractivity contribution >= 4 is 5.91 Å². The lowest BCUT2D eigenvalue weighted by Crippen LogP contribution is -2.43. The first kappa shape index (κ1) is 17.5. The topological polar surface area (TPSA) is 23.6 Å². The van der Waals surface area contributed by atoms with E-state index in [1.165, 1.54) is 44.5 Å². The molecule has 0 N–H and O–H groups in total. The summed E-state index contributed by atoms with van der Waals surface area (Å²) in [6.07, 6.45) is 5.09. The fraction of sp³-hybridized carbons (Fsp3) is 0.667. The molecular formula is C21H32N2O. The first-order valence-corrected chi connectivity index (χ1v) is 9.55. The number of hydrogen-bond donors (Lipinski definition) is 0. The van der Waals surface area contributed by atoms with E-state index in [2.05, 4.69) is 42.7 Å². The number of benzene rings is 1. The number of likely N-dealkylation sites (tertiary alicyclic amines) is 2. The quantitative estimate of drug-likeness (QED) is 0.839. The highest BCUT2D eigenvalue weighted by Crippen LogP contribution is 2.25. The molecule has 1 aromatic rings. The van der Waals surface area contributed by atoms with Gasteiger partial charge in [0.2, 0.25) is 0 Å². The van der Waals surface area contributed by atoms with Gasteiger partial charge < -0.3 is 9.80 Å². The van der Waals surface area contributed by atoms with Crippen LogP contribution in [0.4, 0.5) is 0 Å². The Bertz CT molecular complexity index is 569. The minimum absolute atomic E-state index is 0.0798. The molecule has 132 valence electrons. The maximum atomic E-state index is 13.0. The number of rotatable bonds is 3. The van der Waals surface area contributed by atoms with Crippen LogP contribution in [0.3, 0.4) is 0 Å². The number of piperidine rings is 1. The summed E-state index contributed by atoms with van der Waals surface area (Å²) in [6, 6.07) is 8.22. The summed E-state index contributed by atoms with van der Waals surface area (Å²) in [5.41, 5.74) is 2.17. The lowest BCUT2D eigenvalue weighted by molar-refractivity contribution is 0.0648. The van der Waals surface area contributed by atoms with E-state index >= 15 is 0 Å². The largest absolute Gasteiger partial charge is 0.338 e. The number of carbonyl (C=O) groups excluding carboxylic acids is 1. The number of carbonyl (C=O) groups is 1. The van der Waals surface area contributed by atoms with Crippen LogP contribution < -0.4 is 0 Å². The smallest absolute Gasteiger partial charge is 0.253 e. The molecule has 2 fully saturated rings. The molecule has 3 heteroatoms.